The molecule has 1 fully saturated rings. The van der Waals surface area contributed by atoms with Crippen LogP contribution in [-0.4, -0.2) is 43.0 Å². The molecule has 7 heteroatoms. The maximum absolute atomic E-state index is 12.7. The minimum atomic E-state index is -0.127. The highest BCUT2D eigenvalue weighted by molar-refractivity contribution is 6.33. The molecular weight excluding hydrogens is 424 g/mol. The standard InChI is InChI=1S/C25H33ClN4O2/c1-3-4-5-6-10-23(31)27-20-11-13-21(14-12-20)29-15-17-30(18-16-29)25(32)28-24-19(2)8-7-9-22(24)26/h7-9,11-14H,3-6,10,15-18H2,1-2H3,(H,27,31)(H,28,32). The highest BCUT2D eigenvalue weighted by atomic mass is 35.5. The summed E-state index contributed by atoms with van der Waals surface area (Å²) in [6, 6.07) is 13.4. The van der Waals surface area contributed by atoms with E-state index in [-0.39, 0.29) is 11.9 Å². The molecule has 2 N–H and O–H groups in total. The van der Waals surface area contributed by atoms with Gasteiger partial charge < -0.3 is 20.4 Å². The molecule has 1 aliphatic heterocycles. The minimum Gasteiger partial charge on any atom is -0.368 e. The van der Waals surface area contributed by atoms with Gasteiger partial charge in [0.25, 0.3) is 0 Å². The first-order valence-corrected chi connectivity index (χ1v) is 11.8. The Hall–Kier alpha value is -2.73. The molecule has 3 rings (SSSR count). The van der Waals surface area contributed by atoms with Crippen LogP contribution in [0.15, 0.2) is 42.5 Å². The van der Waals surface area contributed by atoms with Crippen molar-refractivity contribution < 1.29 is 9.59 Å². The van der Waals surface area contributed by atoms with E-state index in [0.717, 1.165) is 42.9 Å². The molecule has 1 aliphatic rings. The zero-order valence-corrected chi connectivity index (χ0v) is 19.8. The lowest BCUT2D eigenvalue weighted by Crippen LogP contribution is -2.50. The Morgan fingerprint density at radius 2 is 1.66 bits per heavy atom. The van der Waals surface area contributed by atoms with Crippen molar-refractivity contribution in [1.82, 2.24) is 4.90 Å². The normalized spacial score (nSPS) is 13.7. The largest absolute Gasteiger partial charge is 0.368 e. The van der Waals surface area contributed by atoms with Gasteiger partial charge in [-0.05, 0) is 49.2 Å². The lowest BCUT2D eigenvalue weighted by Gasteiger charge is -2.36. The Morgan fingerprint density at radius 1 is 0.938 bits per heavy atom. The SMILES string of the molecule is CCCCCCC(=O)Nc1ccc(N2CCN(C(=O)Nc3c(C)cccc3Cl)CC2)cc1. The number of hydrogen-bond acceptors (Lipinski definition) is 3. The van der Waals surface area contributed by atoms with Crippen molar-refractivity contribution in [3.63, 3.8) is 0 Å². The molecule has 0 saturated carbocycles. The van der Waals surface area contributed by atoms with Gasteiger partial charge in [-0.25, -0.2) is 4.79 Å². The number of urea groups is 1. The van der Waals surface area contributed by atoms with Crippen LogP contribution in [0.25, 0.3) is 0 Å². The number of rotatable bonds is 8. The fourth-order valence-corrected chi connectivity index (χ4v) is 4.10. The van der Waals surface area contributed by atoms with E-state index in [0.29, 0.717) is 30.2 Å². The molecule has 6 nitrogen and oxygen atoms in total. The molecular formula is C25H33ClN4O2. The quantitative estimate of drug-likeness (QED) is 0.485. The number of amides is 3. The smallest absolute Gasteiger partial charge is 0.322 e. The number of nitrogens with one attached hydrogen (secondary N) is 2. The number of piperazine rings is 1. The molecule has 0 spiro atoms. The Balaban J connectivity index is 1.46. The summed E-state index contributed by atoms with van der Waals surface area (Å²) in [5.74, 6) is 0.0715. The van der Waals surface area contributed by atoms with Crippen LogP contribution in [-0.2, 0) is 4.79 Å². The summed E-state index contributed by atoms with van der Waals surface area (Å²) in [5.41, 5.74) is 3.53. The number of carbonyl (C=O) groups excluding carboxylic acids is 2. The predicted molar refractivity (Wildman–Crippen MR) is 133 cm³/mol. The van der Waals surface area contributed by atoms with Crippen LogP contribution in [0.4, 0.5) is 21.9 Å². The summed E-state index contributed by atoms with van der Waals surface area (Å²) in [5, 5.41) is 6.47. The van der Waals surface area contributed by atoms with E-state index >= 15 is 0 Å². The number of hydrogen-bond donors (Lipinski definition) is 2. The monoisotopic (exact) mass is 456 g/mol. The number of para-hydroxylation sites is 1. The number of halogens is 1. The number of carbonyl (C=O) groups is 2. The van der Waals surface area contributed by atoms with E-state index in [9.17, 15) is 9.59 Å². The molecule has 1 heterocycles. The molecule has 3 amide bonds. The maximum Gasteiger partial charge on any atom is 0.322 e. The number of aryl methyl sites for hydroxylation is 1. The molecule has 0 aromatic heterocycles. The van der Waals surface area contributed by atoms with Crippen LogP contribution in [0.5, 0.6) is 0 Å². The molecule has 0 aliphatic carbocycles. The lowest BCUT2D eigenvalue weighted by molar-refractivity contribution is -0.116. The zero-order valence-electron chi connectivity index (χ0n) is 19.0. The predicted octanol–water partition coefficient (Wildman–Crippen LogP) is 5.91. The third-order valence-electron chi connectivity index (χ3n) is 5.79. The van der Waals surface area contributed by atoms with Gasteiger partial charge in [0.2, 0.25) is 5.91 Å². The van der Waals surface area contributed by atoms with Crippen molar-refractivity contribution in [3.8, 4) is 0 Å². The summed E-state index contributed by atoms with van der Waals surface area (Å²) in [6.45, 7) is 6.85. The molecule has 2 aromatic carbocycles. The molecule has 32 heavy (non-hydrogen) atoms. The summed E-state index contributed by atoms with van der Waals surface area (Å²) in [7, 11) is 0. The van der Waals surface area contributed by atoms with E-state index in [2.05, 4.69) is 22.5 Å². The van der Waals surface area contributed by atoms with Crippen LogP contribution in [0.1, 0.15) is 44.6 Å². The molecule has 2 aromatic rings. The highest BCUT2D eigenvalue weighted by Crippen LogP contribution is 2.26. The van der Waals surface area contributed by atoms with Crippen LogP contribution in [0.2, 0.25) is 5.02 Å². The van der Waals surface area contributed by atoms with Gasteiger partial charge in [-0.1, -0.05) is 49.9 Å². The van der Waals surface area contributed by atoms with Crippen molar-refractivity contribution in [2.45, 2.75) is 46.0 Å². The molecule has 0 radical (unpaired) electrons. The molecule has 172 valence electrons. The van der Waals surface area contributed by atoms with E-state index in [1.54, 1.807) is 6.07 Å². The Morgan fingerprint density at radius 3 is 2.31 bits per heavy atom. The summed E-state index contributed by atoms with van der Waals surface area (Å²) < 4.78 is 0. The van der Waals surface area contributed by atoms with Crippen LogP contribution < -0.4 is 15.5 Å². The first-order chi connectivity index (χ1) is 15.5. The molecule has 0 unspecified atom stereocenters. The number of anilines is 3. The Bertz CT molecular complexity index is 888. The molecule has 0 atom stereocenters. The first-order valence-electron chi connectivity index (χ1n) is 11.4. The van der Waals surface area contributed by atoms with Gasteiger partial charge >= 0.3 is 6.03 Å². The van der Waals surface area contributed by atoms with Gasteiger partial charge in [-0.15, -0.1) is 0 Å². The number of nitrogens with zero attached hydrogens (tertiary/aromatic N) is 2. The van der Waals surface area contributed by atoms with Gasteiger partial charge in [-0.3, -0.25) is 4.79 Å². The second-order valence-corrected chi connectivity index (χ2v) is 8.65. The average Bonchev–Trinajstić information content (AvgIpc) is 2.80. The Kier molecular flexibility index (Phi) is 8.80. The van der Waals surface area contributed by atoms with Gasteiger partial charge in [0, 0.05) is 44.0 Å². The lowest BCUT2D eigenvalue weighted by atomic mass is 10.1. The molecule has 0 bridgehead atoms. The fraction of sp³-hybridized carbons (Fsp3) is 0.440. The third-order valence-corrected chi connectivity index (χ3v) is 6.11. The van der Waals surface area contributed by atoms with E-state index in [4.69, 9.17) is 11.6 Å². The van der Waals surface area contributed by atoms with Crippen molar-refractivity contribution in [2.24, 2.45) is 0 Å². The van der Waals surface area contributed by atoms with E-state index in [1.165, 1.54) is 12.8 Å². The van der Waals surface area contributed by atoms with Gasteiger partial charge in [0.05, 0.1) is 10.7 Å². The third kappa shape index (κ3) is 6.63. The van der Waals surface area contributed by atoms with E-state index in [1.807, 2.05) is 48.2 Å². The zero-order chi connectivity index (χ0) is 22.9. The second-order valence-electron chi connectivity index (χ2n) is 8.24. The van der Waals surface area contributed by atoms with Crippen LogP contribution in [0, 0.1) is 6.92 Å². The topological polar surface area (TPSA) is 64.7 Å². The second kappa shape index (κ2) is 11.8. The summed E-state index contributed by atoms with van der Waals surface area (Å²) in [6.07, 6.45) is 4.95. The van der Waals surface area contributed by atoms with Gasteiger partial charge in [0.1, 0.15) is 0 Å². The van der Waals surface area contributed by atoms with E-state index < -0.39 is 0 Å². The fourth-order valence-electron chi connectivity index (χ4n) is 3.84. The minimum absolute atomic E-state index is 0.0715. The van der Waals surface area contributed by atoms with Gasteiger partial charge in [0.15, 0.2) is 0 Å². The Labute approximate surface area is 195 Å². The summed E-state index contributed by atoms with van der Waals surface area (Å²) >= 11 is 6.23. The van der Waals surface area contributed by atoms with Crippen molar-refractivity contribution in [1.29, 1.82) is 0 Å². The highest BCUT2D eigenvalue weighted by Gasteiger charge is 2.22. The number of benzene rings is 2. The first kappa shape index (κ1) is 23.9. The van der Waals surface area contributed by atoms with Crippen molar-refractivity contribution in [2.75, 3.05) is 41.7 Å². The average molecular weight is 457 g/mol. The number of unbranched alkanes of at least 4 members (excludes halogenated alkanes) is 3. The molecule has 1 saturated heterocycles. The van der Waals surface area contributed by atoms with Crippen LogP contribution >= 0.6 is 11.6 Å². The van der Waals surface area contributed by atoms with Crippen molar-refractivity contribution in [3.05, 3.63) is 53.1 Å². The maximum atomic E-state index is 12.7. The van der Waals surface area contributed by atoms with Crippen LogP contribution in [0.3, 0.4) is 0 Å². The summed E-state index contributed by atoms with van der Waals surface area (Å²) in [4.78, 5) is 28.8. The van der Waals surface area contributed by atoms with Gasteiger partial charge in [-0.2, -0.15) is 0 Å². The van der Waals surface area contributed by atoms with Crippen molar-refractivity contribution >= 4 is 40.6 Å².